The Morgan fingerprint density at radius 1 is 1.26 bits per heavy atom. The lowest BCUT2D eigenvalue weighted by Gasteiger charge is -2.38. The Kier molecular flexibility index (Phi) is 6.02. The number of nitrogens with zero attached hydrogens (tertiary/aromatic N) is 1. The molecule has 0 saturated carbocycles. The van der Waals surface area contributed by atoms with Crippen molar-refractivity contribution in [2.24, 2.45) is 0 Å². The molecule has 7 heteroatoms. The lowest BCUT2D eigenvalue weighted by atomic mass is 10.2. The molecule has 0 amide bonds. The van der Waals surface area contributed by atoms with E-state index in [4.69, 9.17) is 9.47 Å². The summed E-state index contributed by atoms with van der Waals surface area (Å²) >= 11 is 0. The van der Waals surface area contributed by atoms with E-state index in [-0.39, 0.29) is 23.1 Å². The third kappa shape index (κ3) is 4.91. The van der Waals surface area contributed by atoms with Gasteiger partial charge in [-0.2, -0.15) is 0 Å². The van der Waals surface area contributed by atoms with Crippen LogP contribution < -0.4 is 9.46 Å². The predicted molar refractivity (Wildman–Crippen MR) is 89.2 cm³/mol. The highest BCUT2D eigenvalue weighted by Crippen LogP contribution is 2.16. The summed E-state index contributed by atoms with van der Waals surface area (Å²) in [4.78, 5) is 2.50. The van der Waals surface area contributed by atoms with Crippen LogP contribution in [0.4, 0.5) is 0 Å². The highest BCUT2D eigenvalue weighted by Gasteiger charge is 2.26. The molecule has 0 spiro atoms. The molecule has 1 aromatic rings. The number of morpholine rings is 1. The van der Waals surface area contributed by atoms with Gasteiger partial charge in [0.15, 0.2) is 0 Å². The standard InChI is InChI=1S/C16H26N2O4S/c1-12(18-10-13(2)22-14(3)11-18)9-17-23(19,20)16-7-5-15(21-4)6-8-16/h5-8,12-14,17H,9-11H2,1-4H3/t12-,13+,14+/m0/s1. The molecule has 0 radical (unpaired) electrons. The van der Waals surface area contributed by atoms with E-state index in [0.717, 1.165) is 13.1 Å². The number of sulfonamides is 1. The van der Waals surface area contributed by atoms with Gasteiger partial charge in [-0.15, -0.1) is 0 Å². The molecule has 0 bridgehead atoms. The van der Waals surface area contributed by atoms with Crippen LogP contribution >= 0.6 is 0 Å². The molecule has 0 aliphatic carbocycles. The van der Waals surface area contributed by atoms with Gasteiger partial charge in [-0.25, -0.2) is 13.1 Å². The summed E-state index contributed by atoms with van der Waals surface area (Å²) in [6, 6.07) is 6.49. The molecular weight excluding hydrogens is 316 g/mol. The van der Waals surface area contributed by atoms with E-state index in [0.29, 0.717) is 12.3 Å². The van der Waals surface area contributed by atoms with Crippen LogP contribution in [0.25, 0.3) is 0 Å². The van der Waals surface area contributed by atoms with Gasteiger partial charge in [0.25, 0.3) is 0 Å². The van der Waals surface area contributed by atoms with Gasteiger partial charge < -0.3 is 9.47 Å². The van der Waals surface area contributed by atoms with Crippen molar-refractivity contribution < 1.29 is 17.9 Å². The first kappa shape index (κ1) is 18.2. The van der Waals surface area contributed by atoms with Crippen molar-refractivity contribution >= 4 is 10.0 Å². The van der Waals surface area contributed by atoms with Crippen LogP contribution in [0, 0.1) is 0 Å². The molecule has 23 heavy (non-hydrogen) atoms. The minimum absolute atomic E-state index is 0.108. The van der Waals surface area contributed by atoms with E-state index in [9.17, 15) is 8.42 Å². The molecule has 130 valence electrons. The largest absolute Gasteiger partial charge is 0.497 e. The fourth-order valence-corrected chi connectivity index (χ4v) is 3.90. The number of benzene rings is 1. The molecule has 6 nitrogen and oxygen atoms in total. The van der Waals surface area contributed by atoms with Crippen LogP contribution in [-0.4, -0.2) is 58.3 Å². The average molecular weight is 342 g/mol. The molecule has 0 aromatic heterocycles. The molecule has 2 rings (SSSR count). The summed E-state index contributed by atoms with van der Waals surface area (Å²) in [5, 5.41) is 0. The maximum atomic E-state index is 12.4. The molecule has 1 aliphatic rings. The van der Waals surface area contributed by atoms with Gasteiger partial charge in [0.2, 0.25) is 10.0 Å². The number of hydrogen-bond donors (Lipinski definition) is 1. The average Bonchev–Trinajstić information content (AvgIpc) is 2.52. The van der Waals surface area contributed by atoms with E-state index in [1.165, 1.54) is 0 Å². The van der Waals surface area contributed by atoms with Crippen molar-refractivity contribution in [1.82, 2.24) is 9.62 Å². The van der Waals surface area contributed by atoms with E-state index in [1.807, 2.05) is 20.8 Å². The third-order valence-electron chi connectivity index (χ3n) is 4.01. The van der Waals surface area contributed by atoms with Crippen molar-refractivity contribution in [1.29, 1.82) is 0 Å². The minimum Gasteiger partial charge on any atom is -0.497 e. The topological polar surface area (TPSA) is 67.9 Å². The van der Waals surface area contributed by atoms with Gasteiger partial charge in [0, 0.05) is 25.7 Å². The van der Waals surface area contributed by atoms with Crippen LogP contribution in [0.2, 0.25) is 0 Å². The summed E-state index contributed by atoms with van der Waals surface area (Å²) in [5.41, 5.74) is 0. The second kappa shape index (κ2) is 7.61. The first-order valence-corrected chi connectivity index (χ1v) is 9.33. The number of ether oxygens (including phenoxy) is 2. The monoisotopic (exact) mass is 342 g/mol. The first-order chi connectivity index (χ1) is 10.8. The lowest BCUT2D eigenvalue weighted by Crippen LogP contribution is -2.52. The Balaban J connectivity index is 1.95. The molecule has 1 aromatic carbocycles. The van der Waals surface area contributed by atoms with Crippen molar-refractivity contribution in [2.75, 3.05) is 26.7 Å². The summed E-state index contributed by atoms with van der Waals surface area (Å²) in [6.45, 7) is 8.11. The molecule has 0 unspecified atom stereocenters. The van der Waals surface area contributed by atoms with Gasteiger partial charge in [0.05, 0.1) is 24.2 Å². The summed E-state index contributed by atoms with van der Waals surface area (Å²) < 4.78 is 38.2. The molecule has 1 N–H and O–H groups in total. The van der Waals surface area contributed by atoms with Crippen LogP contribution in [0.5, 0.6) is 5.75 Å². The van der Waals surface area contributed by atoms with Crippen LogP contribution in [0.15, 0.2) is 29.2 Å². The van der Waals surface area contributed by atoms with Crippen molar-refractivity contribution in [2.45, 2.75) is 43.9 Å². The fraction of sp³-hybridized carbons (Fsp3) is 0.625. The number of hydrogen-bond acceptors (Lipinski definition) is 5. The molecule has 1 fully saturated rings. The van der Waals surface area contributed by atoms with E-state index in [1.54, 1.807) is 31.4 Å². The van der Waals surface area contributed by atoms with Gasteiger partial charge in [-0.1, -0.05) is 0 Å². The Morgan fingerprint density at radius 3 is 2.35 bits per heavy atom. The second-order valence-electron chi connectivity index (χ2n) is 6.09. The Labute approximate surface area is 138 Å². The summed E-state index contributed by atoms with van der Waals surface area (Å²) in [6.07, 6.45) is 0.332. The van der Waals surface area contributed by atoms with Crippen LogP contribution in [0.3, 0.4) is 0 Å². The maximum absolute atomic E-state index is 12.4. The van der Waals surface area contributed by atoms with Crippen LogP contribution in [0.1, 0.15) is 20.8 Å². The molecule has 1 saturated heterocycles. The second-order valence-corrected chi connectivity index (χ2v) is 7.85. The number of nitrogens with one attached hydrogen (secondary N) is 1. The number of rotatable bonds is 6. The normalized spacial score (nSPS) is 24.3. The summed E-state index contributed by atoms with van der Waals surface area (Å²) in [7, 11) is -1.96. The van der Waals surface area contributed by atoms with Crippen LogP contribution in [-0.2, 0) is 14.8 Å². The Morgan fingerprint density at radius 2 is 1.83 bits per heavy atom. The zero-order chi connectivity index (χ0) is 17.0. The molecular formula is C16H26N2O4S. The van der Waals surface area contributed by atoms with Crippen molar-refractivity contribution in [3.63, 3.8) is 0 Å². The highest BCUT2D eigenvalue weighted by atomic mass is 32.2. The van der Waals surface area contributed by atoms with Gasteiger partial charge in [0.1, 0.15) is 5.75 Å². The van der Waals surface area contributed by atoms with Crippen molar-refractivity contribution in [3.8, 4) is 5.75 Å². The van der Waals surface area contributed by atoms with E-state index < -0.39 is 10.0 Å². The lowest BCUT2D eigenvalue weighted by molar-refractivity contribution is -0.0776. The zero-order valence-electron chi connectivity index (χ0n) is 14.2. The smallest absolute Gasteiger partial charge is 0.240 e. The van der Waals surface area contributed by atoms with Crippen molar-refractivity contribution in [3.05, 3.63) is 24.3 Å². The zero-order valence-corrected chi connectivity index (χ0v) is 15.0. The molecule has 1 heterocycles. The molecule has 1 aliphatic heterocycles. The quantitative estimate of drug-likeness (QED) is 0.848. The predicted octanol–water partition coefficient (Wildman–Crippen LogP) is 1.47. The maximum Gasteiger partial charge on any atom is 0.240 e. The van der Waals surface area contributed by atoms with E-state index in [2.05, 4.69) is 9.62 Å². The van der Waals surface area contributed by atoms with Gasteiger partial charge >= 0.3 is 0 Å². The summed E-state index contributed by atoms with van der Waals surface area (Å²) in [5.74, 6) is 0.633. The molecule has 3 atom stereocenters. The fourth-order valence-electron chi connectivity index (χ4n) is 2.78. The Bertz CT molecular complexity index is 593. The third-order valence-corrected chi connectivity index (χ3v) is 5.45. The SMILES string of the molecule is COc1ccc(S(=O)(=O)NC[C@H](C)N2C[C@@H](C)O[C@H](C)C2)cc1. The van der Waals surface area contributed by atoms with Gasteiger partial charge in [-0.05, 0) is 45.0 Å². The minimum atomic E-state index is -3.51. The number of methoxy groups -OCH3 is 1. The Hall–Kier alpha value is -1.15. The first-order valence-electron chi connectivity index (χ1n) is 7.85. The van der Waals surface area contributed by atoms with Gasteiger partial charge in [-0.3, -0.25) is 4.90 Å². The highest BCUT2D eigenvalue weighted by molar-refractivity contribution is 7.89. The van der Waals surface area contributed by atoms with E-state index >= 15 is 0 Å².